The Kier molecular flexibility index (Phi) is 3.85. The summed E-state index contributed by atoms with van der Waals surface area (Å²) in [5.74, 6) is -6.26. The van der Waals surface area contributed by atoms with Gasteiger partial charge >= 0.3 is 0 Å². The van der Waals surface area contributed by atoms with Crippen LogP contribution in [-0.2, 0) is 0 Å². The fraction of sp³-hybridized carbons (Fsp3) is 0.375. The number of nitrogens with zero attached hydrogens (tertiary/aromatic N) is 2. The maximum absolute atomic E-state index is 14.0. The van der Waals surface area contributed by atoms with Crippen LogP contribution in [0.4, 0.5) is 23.4 Å². The second-order valence-electron chi connectivity index (χ2n) is 6.04. The Labute approximate surface area is 135 Å². The summed E-state index contributed by atoms with van der Waals surface area (Å²) >= 11 is 0. The molecule has 1 fully saturated rings. The molecule has 24 heavy (non-hydrogen) atoms. The van der Waals surface area contributed by atoms with E-state index >= 15 is 0 Å². The molecule has 2 aromatic rings. The minimum atomic E-state index is -2.81. The fourth-order valence-electron chi connectivity index (χ4n) is 2.90. The van der Waals surface area contributed by atoms with E-state index in [0.29, 0.717) is 6.07 Å². The molecule has 1 aromatic heterocycles. The Morgan fingerprint density at radius 1 is 1.33 bits per heavy atom. The van der Waals surface area contributed by atoms with Crippen LogP contribution in [0.2, 0.25) is 0 Å². The first-order valence-electron chi connectivity index (χ1n) is 7.41. The third-order valence-corrected chi connectivity index (χ3v) is 4.31. The molecular weight excluding hydrogens is 326 g/mol. The third-order valence-electron chi connectivity index (χ3n) is 4.31. The van der Waals surface area contributed by atoms with E-state index in [2.05, 4.69) is 4.98 Å². The standard InChI is InChI=1S/C16H15F4N3O/c1-8-7-23(3-2-16(8,19)20)15-11(14(21)24)5-9-4-10(17)6-12(18)13(9)22-15/h4-6,8H,2-3,7H2,1H3,(H2,21,24). The molecule has 128 valence electrons. The zero-order chi connectivity index (χ0) is 17.6. The van der Waals surface area contributed by atoms with Gasteiger partial charge in [-0.1, -0.05) is 6.92 Å². The average molecular weight is 341 g/mol. The Hall–Kier alpha value is -2.38. The van der Waals surface area contributed by atoms with Crippen LogP contribution in [0.5, 0.6) is 0 Å². The predicted molar refractivity (Wildman–Crippen MR) is 81.1 cm³/mol. The number of carbonyl (C=O) groups is 1. The molecule has 1 aliphatic rings. The lowest BCUT2D eigenvalue weighted by Gasteiger charge is -2.37. The molecule has 1 amide bonds. The van der Waals surface area contributed by atoms with Gasteiger partial charge in [-0.05, 0) is 12.1 Å². The number of anilines is 1. The number of hydrogen-bond acceptors (Lipinski definition) is 3. The molecule has 1 saturated heterocycles. The predicted octanol–water partition coefficient (Wildman–Crippen LogP) is 3.09. The lowest BCUT2D eigenvalue weighted by Crippen LogP contribution is -2.46. The summed E-state index contributed by atoms with van der Waals surface area (Å²) in [6, 6.07) is 2.95. The molecule has 1 aliphatic heterocycles. The Bertz CT molecular complexity index is 825. The number of halogens is 4. The highest BCUT2D eigenvalue weighted by atomic mass is 19.3. The van der Waals surface area contributed by atoms with Crippen LogP contribution >= 0.6 is 0 Å². The van der Waals surface area contributed by atoms with Gasteiger partial charge in [-0.15, -0.1) is 0 Å². The highest BCUT2D eigenvalue weighted by Gasteiger charge is 2.42. The molecule has 1 unspecified atom stereocenters. The molecule has 4 nitrogen and oxygen atoms in total. The first kappa shape index (κ1) is 16.5. The quantitative estimate of drug-likeness (QED) is 0.854. The van der Waals surface area contributed by atoms with Crippen LogP contribution in [0.1, 0.15) is 23.7 Å². The fourth-order valence-corrected chi connectivity index (χ4v) is 2.90. The van der Waals surface area contributed by atoms with Gasteiger partial charge in [0.2, 0.25) is 0 Å². The summed E-state index contributed by atoms with van der Waals surface area (Å²) in [4.78, 5) is 17.3. The summed E-state index contributed by atoms with van der Waals surface area (Å²) in [6.07, 6.45) is -0.405. The van der Waals surface area contributed by atoms with Gasteiger partial charge in [0.1, 0.15) is 17.2 Å². The molecule has 3 rings (SSSR count). The molecule has 1 aromatic carbocycles. The number of carbonyl (C=O) groups excluding carboxylic acids is 1. The summed E-state index contributed by atoms with van der Waals surface area (Å²) in [5, 5.41) is 0.0837. The van der Waals surface area contributed by atoms with Gasteiger partial charge in [0.25, 0.3) is 11.8 Å². The monoisotopic (exact) mass is 341 g/mol. The van der Waals surface area contributed by atoms with Crippen LogP contribution in [-0.4, -0.2) is 29.9 Å². The van der Waals surface area contributed by atoms with Crippen molar-refractivity contribution in [2.75, 3.05) is 18.0 Å². The van der Waals surface area contributed by atoms with Gasteiger partial charge < -0.3 is 10.6 Å². The first-order valence-corrected chi connectivity index (χ1v) is 7.41. The van der Waals surface area contributed by atoms with E-state index in [1.54, 1.807) is 0 Å². The Morgan fingerprint density at radius 3 is 2.67 bits per heavy atom. The average Bonchev–Trinajstić information content (AvgIpc) is 2.49. The van der Waals surface area contributed by atoms with Crippen molar-refractivity contribution in [2.45, 2.75) is 19.3 Å². The van der Waals surface area contributed by atoms with Crippen LogP contribution in [0.15, 0.2) is 18.2 Å². The number of pyridine rings is 1. The Balaban J connectivity index is 2.13. The molecule has 0 radical (unpaired) electrons. The number of benzene rings is 1. The van der Waals surface area contributed by atoms with Crippen molar-refractivity contribution in [3.05, 3.63) is 35.4 Å². The number of hydrogen-bond donors (Lipinski definition) is 1. The normalized spacial score (nSPS) is 20.4. The molecule has 0 spiro atoms. The van der Waals surface area contributed by atoms with Crippen LogP contribution < -0.4 is 10.6 Å². The van der Waals surface area contributed by atoms with Gasteiger partial charge in [0.05, 0.1) is 5.56 Å². The number of rotatable bonds is 2. The summed E-state index contributed by atoms with van der Waals surface area (Å²) in [6.45, 7) is 1.31. The van der Waals surface area contributed by atoms with Crippen molar-refractivity contribution in [1.29, 1.82) is 0 Å². The second-order valence-corrected chi connectivity index (χ2v) is 6.04. The molecule has 2 heterocycles. The van der Waals surface area contributed by atoms with E-state index in [1.165, 1.54) is 17.9 Å². The van der Waals surface area contributed by atoms with Gasteiger partial charge in [-0.25, -0.2) is 22.5 Å². The van der Waals surface area contributed by atoms with E-state index in [-0.39, 0.29) is 35.4 Å². The molecule has 0 saturated carbocycles. The van der Waals surface area contributed by atoms with Crippen molar-refractivity contribution in [3.8, 4) is 0 Å². The number of primary amides is 1. The maximum atomic E-state index is 14.0. The van der Waals surface area contributed by atoms with E-state index < -0.39 is 35.8 Å². The van der Waals surface area contributed by atoms with E-state index in [1.807, 2.05) is 0 Å². The summed E-state index contributed by atoms with van der Waals surface area (Å²) in [5.41, 5.74) is 5.15. The molecule has 0 bridgehead atoms. The largest absolute Gasteiger partial charge is 0.365 e. The number of fused-ring (bicyclic) bond motifs is 1. The highest BCUT2D eigenvalue weighted by molar-refractivity contribution is 6.01. The molecular formula is C16H15F4N3O. The number of amides is 1. The van der Waals surface area contributed by atoms with Gasteiger partial charge in [-0.2, -0.15) is 0 Å². The third kappa shape index (κ3) is 2.76. The van der Waals surface area contributed by atoms with Gasteiger partial charge in [-0.3, -0.25) is 4.79 Å². The topological polar surface area (TPSA) is 59.2 Å². The summed E-state index contributed by atoms with van der Waals surface area (Å²) in [7, 11) is 0. The maximum Gasteiger partial charge on any atom is 0.254 e. The van der Waals surface area contributed by atoms with Crippen molar-refractivity contribution in [2.24, 2.45) is 11.7 Å². The van der Waals surface area contributed by atoms with Gasteiger partial charge in [0, 0.05) is 36.9 Å². The SMILES string of the molecule is CC1CN(c2nc3c(F)cc(F)cc3cc2C(N)=O)CCC1(F)F. The number of alkyl halides is 2. The lowest BCUT2D eigenvalue weighted by atomic mass is 9.95. The van der Waals surface area contributed by atoms with Crippen LogP contribution in [0.3, 0.4) is 0 Å². The lowest BCUT2D eigenvalue weighted by molar-refractivity contribution is -0.0652. The van der Waals surface area contributed by atoms with Crippen LogP contribution in [0.25, 0.3) is 10.9 Å². The van der Waals surface area contributed by atoms with Crippen molar-refractivity contribution < 1.29 is 22.4 Å². The number of nitrogens with two attached hydrogens (primary N) is 1. The molecule has 1 atom stereocenters. The minimum absolute atomic E-state index is 0.0427. The minimum Gasteiger partial charge on any atom is -0.365 e. The van der Waals surface area contributed by atoms with E-state index in [4.69, 9.17) is 5.73 Å². The van der Waals surface area contributed by atoms with Crippen molar-refractivity contribution in [3.63, 3.8) is 0 Å². The van der Waals surface area contributed by atoms with Crippen molar-refractivity contribution in [1.82, 2.24) is 4.98 Å². The zero-order valence-electron chi connectivity index (χ0n) is 12.8. The molecule has 2 N–H and O–H groups in total. The highest BCUT2D eigenvalue weighted by Crippen LogP contribution is 2.36. The zero-order valence-corrected chi connectivity index (χ0v) is 12.8. The number of aromatic nitrogens is 1. The molecule has 8 heteroatoms. The summed E-state index contributed by atoms with van der Waals surface area (Å²) < 4.78 is 54.6. The number of piperidine rings is 1. The molecule has 0 aliphatic carbocycles. The first-order chi connectivity index (χ1) is 11.2. The Morgan fingerprint density at radius 2 is 2.04 bits per heavy atom. The second kappa shape index (κ2) is 5.61. The van der Waals surface area contributed by atoms with Crippen LogP contribution in [0, 0.1) is 17.6 Å². The van der Waals surface area contributed by atoms with Crippen molar-refractivity contribution >= 4 is 22.6 Å². The van der Waals surface area contributed by atoms with E-state index in [0.717, 1.165) is 6.07 Å². The van der Waals surface area contributed by atoms with E-state index in [9.17, 15) is 22.4 Å². The smallest absolute Gasteiger partial charge is 0.254 e. The van der Waals surface area contributed by atoms with Gasteiger partial charge in [0.15, 0.2) is 5.82 Å².